The Morgan fingerprint density at radius 2 is 1.45 bits per heavy atom. The number of rotatable bonds is 7. The molecule has 0 saturated carbocycles. The Morgan fingerprint density at radius 1 is 0.895 bits per heavy atom. The number of nitrogens with one attached hydrogen (secondary N) is 1. The second kappa shape index (κ2) is 10.1. The largest absolute Gasteiger partial charge is 0.378 e. The highest BCUT2D eigenvalue weighted by Crippen LogP contribution is 2.44. The Morgan fingerprint density at radius 3 is 1.95 bits per heavy atom. The van der Waals surface area contributed by atoms with Gasteiger partial charge in [0.1, 0.15) is 0 Å². The third-order valence-corrected chi connectivity index (χ3v) is 7.22. The molecule has 0 unspecified atom stereocenters. The van der Waals surface area contributed by atoms with Crippen LogP contribution < -0.4 is 15.1 Å². The van der Waals surface area contributed by atoms with E-state index in [1.807, 2.05) is 58.5 Å². The molecule has 1 heterocycles. The van der Waals surface area contributed by atoms with E-state index in [0.29, 0.717) is 12.2 Å². The van der Waals surface area contributed by atoms with Crippen LogP contribution in [-0.2, 0) is 11.8 Å². The molecule has 6 nitrogen and oxygen atoms in total. The van der Waals surface area contributed by atoms with Gasteiger partial charge in [-0.15, -0.1) is 5.10 Å². The van der Waals surface area contributed by atoms with Crippen LogP contribution in [0.2, 0.25) is 0 Å². The number of anilines is 4. The Kier molecular flexibility index (Phi) is 6.64. The van der Waals surface area contributed by atoms with E-state index in [0.717, 1.165) is 39.4 Å². The first-order chi connectivity index (χ1) is 18.3. The van der Waals surface area contributed by atoms with Crippen LogP contribution in [0, 0.1) is 0 Å². The highest BCUT2D eigenvalue weighted by Gasteiger charge is 2.38. The monoisotopic (exact) mass is 503 g/mol. The van der Waals surface area contributed by atoms with Crippen molar-refractivity contribution in [3.05, 3.63) is 120 Å². The standard InChI is InChI=1S/C32H33N5O/c1-6-30(38)37-29-22-32(23-12-16-26(17-13-23)35(2)3,24-14-18-27(19-15-24)36(4)5)21-20-28(29)31(34-37)33-25-10-8-7-9-11-25/h6-21H,1,22H2,2-5H3,(H,33,34). The number of para-hydroxylation sites is 1. The maximum absolute atomic E-state index is 13.0. The molecule has 0 radical (unpaired) electrons. The first-order valence-electron chi connectivity index (χ1n) is 12.7. The summed E-state index contributed by atoms with van der Waals surface area (Å²) in [6.07, 6.45) is 6.25. The molecule has 6 heteroatoms. The SMILES string of the molecule is C=CC(=O)n1nc(Nc2ccccc2)c2c1CC(c1ccc(N(C)C)cc1)(c1ccc(N(C)C)cc1)C=C2. The average molecular weight is 504 g/mol. The van der Waals surface area contributed by atoms with E-state index in [2.05, 4.69) is 82.4 Å². The van der Waals surface area contributed by atoms with Crippen LogP contribution in [0.4, 0.5) is 22.9 Å². The normalized spacial score (nSPS) is 13.5. The summed E-state index contributed by atoms with van der Waals surface area (Å²) in [5.74, 6) is 0.398. The molecule has 0 saturated heterocycles. The summed E-state index contributed by atoms with van der Waals surface area (Å²) in [6, 6.07) is 27.2. The molecule has 4 aromatic rings. The molecule has 0 spiro atoms. The van der Waals surface area contributed by atoms with Gasteiger partial charge in [-0.2, -0.15) is 4.68 Å². The molecular weight excluding hydrogens is 470 g/mol. The molecule has 0 bridgehead atoms. The molecular formula is C32H33N5O. The highest BCUT2D eigenvalue weighted by molar-refractivity contribution is 5.91. The second-order valence-electron chi connectivity index (χ2n) is 10.0. The predicted molar refractivity (Wildman–Crippen MR) is 158 cm³/mol. The number of benzene rings is 3. The van der Waals surface area contributed by atoms with Crippen LogP contribution in [0.3, 0.4) is 0 Å². The van der Waals surface area contributed by atoms with Gasteiger partial charge in [0.2, 0.25) is 0 Å². The summed E-state index contributed by atoms with van der Waals surface area (Å²) < 4.78 is 1.49. The van der Waals surface area contributed by atoms with E-state index in [1.54, 1.807) is 0 Å². The van der Waals surface area contributed by atoms with E-state index in [-0.39, 0.29) is 5.91 Å². The van der Waals surface area contributed by atoms with Crippen molar-refractivity contribution < 1.29 is 4.79 Å². The summed E-state index contributed by atoms with van der Waals surface area (Å²) >= 11 is 0. The topological polar surface area (TPSA) is 53.4 Å². The fraction of sp³-hybridized carbons (Fsp3) is 0.188. The Hall–Kier alpha value is -4.58. The van der Waals surface area contributed by atoms with Crippen LogP contribution in [0.1, 0.15) is 27.2 Å². The molecule has 1 aliphatic rings. The zero-order valence-electron chi connectivity index (χ0n) is 22.3. The molecule has 0 aliphatic heterocycles. The fourth-order valence-electron chi connectivity index (χ4n) is 5.06. The van der Waals surface area contributed by atoms with E-state index in [1.165, 1.54) is 10.8 Å². The third-order valence-electron chi connectivity index (χ3n) is 7.22. The minimum Gasteiger partial charge on any atom is -0.378 e. The van der Waals surface area contributed by atoms with Crippen LogP contribution in [0.25, 0.3) is 6.08 Å². The first-order valence-corrected chi connectivity index (χ1v) is 12.7. The minimum atomic E-state index is -0.480. The van der Waals surface area contributed by atoms with Crippen molar-refractivity contribution in [1.29, 1.82) is 0 Å². The predicted octanol–water partition coefficient (Wildman–Crippen LogP) is 6.14. The molecule has 38 heavy (non-hydrogen) atoms. The molecule has 3 aromatic carbocycles. The van der Waals surface area contributed by atoms with E-state index < -0.39 is 5.41 Å². The van der Waals surface area contributed by atoms with Crippen LogP contribution >= 0.6 is 0 Å². The van der Waals surface area contributed by atoms with Crippen molar-refractivity contribution in [1.82, 2.24) is 9.78 Å². The number of fused-ring (bicyclic) bond motifs is 1. The molecule has 1 N–H and O–H groups in total. The third kappa shape index (κ3) is 4.50. The molecule has 0 fully saturated rings. The number of aromatic nitrogens is 2. The summed E-state index contributed by atoms with van der Waals surface area (Å²) in [6.45, 7) is 3.73. The number of carbonyl (C=O) groups excluding carboxylic acids is 1. The smallest absolute Gasteiger partial charge is 0.270 e. The van der Waals surface area contributed by atoms with Gasteiger partial charge in [-0.05, 0) is 53.6 Å². The van der Waals surface area contributed by atoms with Gasteiger partial charge < -0.3 is 15.1 Å². The van der Waals surface area contributed by atoms with Crippen LogP contribution in [-0.4, -0.2) is 43.9 Å². The summed E-state index contributed by atoms with van der Waals surface area (Å²) in [7, 11) is 8.16. The molecule has 192 valence electrons. The van der Waals surface area contributed by atoms with Crippen molar-refractivity contribution >= 4 is 34.9 Å². The van der Waals surface area contributed by atoms with Crippen LogP contribution in [0.5, 0.6) is 0 Å². The van der Waals surface area contributed by atoms with Gasteiger partial charge >= 0.3 is 0 Å². The lowest BCUT2D eigenvalue weighted by Crippen LogP contribution is -2.32. The van der Waals surface area contributed by atoms with Crippen molar-refractivity contribution in [2.24, 2.45) is 0 Å². The average Bonchev–Trinajstić information content (AvgIpc) is 3.30. The van der Waals surface area contributed by atoms with E-state index in [9.17, 15) is 4.79 Å². The molecule has 1 aromatic heterocycles. The quantitative estimate of drug-likeness (QED) is 0.307. The molecule has 0 amide bonds. The van der Waals surface area contributed by atoms with Gasteiger partial charge in [0.25, 0.3) is 5.91 Å². The summed E-state index contributed by atoms with van der Waals surface area (Å²) in [5, 5.41) is 8.10. The maximum Gasteiger partial charge on any atom is 0.270 e. The lowest BCUT2D eigenvalue weighted by molar-refractivity contribution is 0.0950. The number of carbonyl (C=O) groups is 1. The minimum absolute atomic E-state index is 0.252. The van der Waals surface area contributed by atoms with Crippen molar-refractivity contribution in [3.63, 3.8) is 0 Å². The molecule has 1 aliphatic carbocycles. The fourth-order valence-corrected chi connectivity index (χ4v) is 5.06. The Bertz CT molecular complexity index is 1430. The summed E-state index contributed by atoms with van der Waals surface area (Å²) in [5.41, 5.74) is 6.76. The molecule has 0 atom stereocenters. The Labute approximate surface area is 224 Å². The number of hydrogen-bond donors (Lipinski definition) is 1. The zero-order valence-corrected chi connectivity index (χ0v) is 22.3. The van der Waals surface area contributed by atoms with Crippen molar-refractivity contribution in [2.45, 2.75) is 11.8 Å². The number of hydrogen-bond acceptors (Lipinski definition) is 5. The lowest BCUT2D eigenvalue weighted by atomic mass is 9.68. The first kappa shape index (κ1) is 25.1. The second-order valence-corrected chi connectivity index (χ2v) is 10.0. The molecule has 5 rings (SSSR count). The Balaban J connectivity index is 1.67. The van der Waals surface area contributed by atoms with E-state index >= 15 is 0 Å². The summed E-state index contributed by atoms with van der Waals surface area (Å²) in [4.78, 5) is 17.2. The van der Waals surface area contributed by atoms with E-state index in [4.69, 9.17) is 5.10 Å². The van der Waals surface area contributed by atoms with Gasteiger partial charge in [0, 0.05) is 62.7 Å². The van der Waals surface area contributed by atoms with Crippen molar-refractivity contribution in [2.75, 3.05) is 43.3 Å². The zero-order chi connectivity index (χ0) is 26.9. The van der Waals surface area contributed by atoms with Gasteiger partial charge in [0.15, 0.2) is 5.82 Å². The van der Waals surface area contributed by atoms with Crippen LogP contribution in [0.15, 0.2) is 97.6 Å². The van der Waals surface area contributed by atoms with Gasteiger partial charge in [-0.1, -0.05) is 61.2 Å². The number of nitrogens with zero attached hydrogens (tertiary/aromatic N) is 4. The van der Waals surface area contributed by atoms with Crippen molar-refractivity contribution in [3.8, 4) is 0 Å². The highest BCUT2D eigenvalue weighted by atomic mass is 16.2. The maximum atomic E-state index is 13.0. The van der Waals surface area contributed by atoms with Gasteiger partial charge in [0.05, 0.1) is 5.69 Å². The number of allylic oxidation sites excluding steroid dienone is 2. The van der Waals surface area contributed by atoms with Gasteiger partial charge in [-0.25, -0.2) is 0 Å². The lowest BCUT2D eigenvalue weighted by Gasteiger charge is -2.35. The van der Waals surface area contributed by atoms with Gasteiger partial charge in [-0.3, -0.25) is 4.79 Å².